The summed E-state index contributed by atoms with van der Waals surface area (Å²) in [6, 6.07) is 26.1. The van der Waals surface area contributed by atoms with E-state index in [0.717, 1.165) is 52.6 Å². The molecule has 0 bridgehead atoms. The van der Waals surface area contributed by atoms with Crippen LogP contribution in [-0.2, 0) is 11.8 Å². The summed E-state index contributed by atoms with van der Waals surface area (Å²) in [5.74, 6) is 4.77. The Morgan fingerprint density at radius 1 is 0.885 bits per heavy atom. The summed E-state index contributed by atoms with van der Waals surface area (Å²) in [4.78, 5) is 4.87. The van der Waals surface area contributed by atoms with Crippen molar-refractivity contribution in [2.24, 2.45) is 17.8 Å². The Bertz CT molecular complexity index is 2280. The summed E-state index contributed by atoms with van der Waals surface area (Å²) in [5.41, 5.74) is 10.9. The van der Waals surface area contributed by atoms with Gasteiger partial charge in [-0.05, 0) is 117 Å². The summed E-state index contributed by atoms with van der Waals surface area (Å²) in [6.45, 7) is 22.9. The number of hydrogen-bond donors (Lipinski definition) is 0. The minimum absolute atomic E-state index is 0.0824. The lowest BCUT2D eigenvalue weighted by Gasteiger charge is -2.35. The van der Waals surface area contributed by atoms with Gasteiger partial charge in [-0.15, -0.1) is 0 Å². The summed E-state index contributed by atoms with van der Waals surface area (Å²) in [5, 5.41) is 7.60. The van der Waals surface area contributed by atoms with Crippen molar-refractivity contribution in [2.45, 2.75) is 106 Å². The normalized spacial score (nSPS) is 18.1. The zero-order valence-corrected chi connectivity index (χ0v) is 32.9. The number of nitrogens with zero attached hydrogens (tertiary/aromatic N) is 4. The zero-order valence-electron chi connectivity index (χ0n) is 32.9. The first-order chi connectivity index (χ1) is 24.8. The molecule has 270 valence electrons. The number of allylic oxidation sites excluding steroid dienone is 2. The van der Waals surface area contributed by atoms with Crippen LogP contribution in [0.3, 0.4) is 0 Å². The molecule has 0 aliphatic heterocycles. The standard InChI is InChI=1S/C47H56N4O/c1-11-12-15-34-20-21-48-44(24-34)50-42-17-14-13-16-40(42)41-19-18-38(28-43(41)50)52-39-26-36(47(8,9)10)25-37(27-39)51-33(7)46(32(6)49-51)45-30(4)22-35(29(2)3)23-31(45)5/h13-14,16-22,24-29,31,35,45H,11-12,15,23H2,1-10H3/t31-,35-,45-/m0/s1. The van der Waals surface area contributed by atoms with Gasteiger partial charge in [0.05, 0.1) is 22.4 Å². The third-order valence-corrected chi connectivity index (χ3v) is 11.4. The summed E-state index contributed by atoms with van der Waals surface area (Å²) < 4.78 is 11.3. The van der Waals surface area contributed by atoms with Crippen LogP contribution in [0.1, 0.15) is 109 Å². The molecule has 0 radical (unpaired) electrons. The Morgan fingerprint density at radius 2 is 1.65 bits per heavy atom. The Hall–Kier alpha value is -4.64. The van der Waals surface area contributed by atoms with E-state index in [4.69, 9.17) is 14.8 Å². The van der Waals surface area contributed by atoms with Gasteiger partial charge in [0.15, 0.2) is 0 Å². The number of benzene rings is 3. The van der Waals surface area contributed by atoms with Gasteiger partial charge >= 0.3 is 0 Å². The minimum Gasteiger partial charge on any atom is -0.457 e. The van der Waals surface area contributed by atoms with E-state index in [0.29, 0.717) is 23.7 Å². The van der Waals surface area contributed by atoms with Crippen molar-refractivity contribution >= 4 is 21.8 Å². The largest absolute Gasteiger partial charge is 0.457 e. The number of pyridine rings is 1. The molecule has 1 aliphatic carbocycles. The highest BCUT2D eigenvalue weighted by molar-refractivity contribution is 6.09. The number of aryl methyl sites for hydroxylation is 2. The van der Waals surface area contributed by atoms with Gasteiger partial charge < -0.3 is 4.74 Å². The number of hydrogen-bond acceptors (Lipinski definition) is 3. The minimum atomic E-state index is -0.0824. The molecule has 0 saturated heterocycles. The van der Waals surface area contributed by atoms with Gasteiger partial charge in [-0.1, -0.05) is 84.7 Å². The Morgan fingerprint density at radius 3 is 2.38 bits per heavy atom. The molecular weight excluding hydrogens is 637 g/mol. The van der Waals surface area contributed by atoms with Gasteiger partial charge in [-0.25, -0.2) is 9.67 Å². The van der Waals surface area contributed by atoms with Crippen LogP contribution in [0.15, 0.2) is 90.6 Å². The second-order valence-electron chi connectivity index (χ2n) is 16.7. The van der Waals surface area contributed by atoms with Gasteiger partial charge in [0.1, 0.15) is 17.3 Å². The van der Waals surface area contributed by atoms with Crippen LogP contribution < -0.4 is 4.74 Å². The molecule has 0 saturated carbocycles. The molecule has 5 nitrogen and oxygen atoms in total. The predicted molar refractivity (Wildman–Crippen MR) is 218 cm³/mol. The number of unbranched alkanes of at least 4 members (excludes halogenated alkanes) is 1. The smallest absolute Gasteiger partial charge is 0.137 e. The molecule has 0 fully saturated rings. The third-order valence-electron chi connectivity index (χ3n) is 11.4. The molecule has 3 aromatic carbocycles. The number of para-hydroxylation sites is 1. The van der Waals surface area contributed by atoms with E-state index in [1.165, 1.54) is 51.6 Å². The van der Waals surface area contributed by atoms with Crippen LogP contribution in [0, 0.1) is 31.6 Å². The topological polar surface area (TPSA) is 44.9 Å². The van der Waals surface area contributed by atoms with Gasteiger partial charge in [-0.2, -0.15) is 5.10 Å². The quantitative estimate of drug-likeness (QED) is 0.142. The molecule has 3 atom stereocenters. The SMILES string of the molecule is CCCCc1ccnc(-n2c3ccccc3c3ccc(Oc4cc(-n5nc(C)c([C@H]6C(C)=C[C@H](C(C)C)C[C@@H]6C)c5C)cc(C(C)(C)C)c4)cc32)c1. The molecule has 3 aromatic heterocycles. The van der Waals surface area contributed by atoms with E-state index in [9.17, 15) is 0 Å². The van der Waals surface area contributed by atoms with Crippen molar-refractivity contribution in [1.29, 1.82) is 0 Å². The second kappa shape index (κ2) is 14.1. The summed E-state index contributed by atoms with van der Waals surface area (Å²) >= 11 is 0. The molecule has 3 heterocycles. The first kappa shape index (κ1) is 35.7. The molecule has 7 rings (SSSR count). The molecule has 0 amide bonds. The lowest BCUT2D eigenvalue weighted by Crippen LogP contribution is -2.24. The van der Waals surface area contributed by atoms with Crippen LogP contribution in [0.25, 0.3) is 33.3 Å². The van der Waals surface area contributed by atoms with Crippen molar-refractivity contribution in [3.05, 3.63) is 119 Å². The molecule has 6 aromatic rings. The molecule has 1 aliphatic rings. The van der Waals surface area contributed by atoms with Gasteiger partial charge in [0.2, 0.25) is 0 Å². The summed E-state index contributed by atoms with van der Waals surface area (Å²) in [6.07, 6.45) is 9.08. The summed E-state index contributed by atoms with van der Waals surface area (Å²) in [7, 11) is 0. The van der Waals surface area contributed by atoms with E-state index in [1.54, 1.807) is 0 Å². The van der Waals surface area contributed by atoms with Gasteiger partial charge in [-0.3, -0.25) is 4.57 Å². The van der Waals surface area contributed by atoms with Crippen LogP contribution in [0.2, 0.25) is 0 Å². The van der Waals surface area contributed by atoms with Crippen molar-refractivity contribution in [3.63, 3.8) is 0 Å². The fraction of sp³-hybridized carbons (Fsp3) is 0.404. The lowest BCUT2D eigenvalue weighted by molar-refractivity contribution is 0.317. The maximum absolute atomic E-state index is 6.83. The van der Waals surface area contributed by atoms with Crippen LogP contribution >= 0.6 is 0 Å². The third kappa shape index (κ3) is 6.71. The number of aromatic nitrogens is 4. The fourth-order valence-electron chi connectivity index (χ4n) is 8.57. The number of rotatable bonds is 9. The molecule has 0 spiro atoms. The average molecular weight is 693 g/mol. The van der Waals surface area contributed by atoms with Gasteiger partial charge in [0.25, 0.3) is 0 Å². The van der Waals surface area contributed by atoms with E-state index < -0.39 is 0 Å². The van der Waals surface area contributed by atoms with E-state index >= 15 is 0 Å². The molecule has 0 unspecified atom stereocenters. The lowest BCUT2D eigenvalue weighted by atomic mass is 9.69. The van der Waals surface area contributed by atoms with Crippen molar-refractivity contribution in [1.82, 2.24) is 19.3 Å². The molecule has 0 N–H and O–H groups in total. The Balaban J connectivity index is 1.30. The monoisotopic (exact) mass is 692 g/mol. The highest BCUT2D eigenvalue weighted by Crippen LogP contribution is 2.45. The fourth-order valence-corrected chi connectivity index (χ4v) is 8.57. The average Bonchev–Trinajstić information content (AvgIpc) is 3.59. The van der Waals surface area contributed by atoms with Gasteiger partial charge in [0, 0.05) is 46.3 Å². The van der Waals surface area contributed by atoms with Crippen LogP contribution in [-0.4, -0.2) is 19.3 Å². The van der Waals surface area contributed by atoms with E-state index in [1.807, 2.05) is 6.20 Å². The highest BCUT2D eigenvalue weighted by atomic mass is 16.5. The van der Waals surface area contributed by atoms with Crippen molar-refractivity contribution in [3.8, 4) is 23.0 Å². The number of ether oxygens (including phenoxy) is 1. The molecule has 52 heavy (non-hydrogen) atoms. The maximum atomic E-state index is 6.83. The van der Waals surface area contributed by atoms with Crippen molar-refractivity contribution < 1.29 is 4.74 Å². The highest BCUT2D eigenvalue weighted by Gasteiger charge is 2.33. The second-order valence-corrected chi connectivity index (χ2v) is 16.7. The Kier molecular flexibility index (Phi) is 9.67. The molecular formula is C47H56N4O. The van der Waals surface area contributed by atoms with E-state index in [2.05, 4.69) is 157 Å². The Labute approximate surface area is 310 Å². The maximum Gasteiger partial charge on any atom is 0.137 e. The predicted octanol–water partition coefficient (Wildman–Crippen LogP) is 12.8. The van der Waals surface area contributed by atoms with Crippen LogP contribution in [0.4, 0.5) is 0 Å². The number of fused-ring (bicyclic) bond motifs is 3. The molecule has 5 heteroatoms. The zero-order chi connectivity index (χ0) is 36.9. The van der Waals surface area contributed by atoms with E-state index in [-0.39, 0.29) is 5.41 Å². The van der Waals surface area contributed by atoms with Crippen LogP contribution in [0.5, 0.6) is 11.5 Å². The first-order valence-corrected chi connectivity index (χ1v) is 19.4. The first-order valence-electron chi connectivity index (χ1n) is 19.4. The van der Waals surface area contributed by atoms with Crippen molar-refractivity contribution in [2.75, 3.05) is 0 Å².